The highest BCUT2D eigenvalue weighted by atomic mass is 35.5. The second kappa shape index (κ2) is 5.61. The average molecular weight is 302 g/mol. The molecule has 3 nitrogen and oxygen atoms in total. The Labute approximate surface area is 119 Å². The van der Waals surface area contributed by atoms with Gasteiger partial charge < -0.3 is 4.74 Å². The summed E-state index contributed by atoms with van der Waals surface area (Å²) in [6.45, 7) is 0. The number of carbonyl (C=O) groups excluding carboxylic acids is 1. The molecule has 0 fully saturated rings. The molecule has 0 saturated heterocycles. The molecule has 0 bridgehead atoms. The summed E-state index contributed by atoms with van der Waals surface area (Å²) in [5.41, 5.74) is 0. The molecule has 1 aromatic heterocycles. The van der Waals surface area contributed by atoms with E-state index >= 15 is 0 Å². The van der Waals surface area contributed by atoms with Crippen LogP contribution in [0.2, 0.25) is 10.0 Å². The Morgan fingerprint density at radius 3 is 2.67 bits per heavy atom. The lowest BCUT2D eigenvalue weighted by Gasteiger charge is -2.14. The number of hydrogen-bond donors (Lipinski definition) is 0. The van der Waals surface area contributed by atoms with Gasteiger partial charge in [-0.25, -0.2) is 4.79 Å². The van der Waals surface area contributed by atoms with Crippen LogP contribution in [0.3, 0.4) is 0 Å². The second-order valence-corrected chi connectivity index (χ2v) is 5.19. The van der Waals surface area contributed by atoms with Crippen LogP contribution in [0.25, 0.3) is 0 Å². The third-order valence-electron chi connectivity index (χ3n) is 2.21. The predicted molar refractivity (Wildman–Crippen MR) is 75.2 cm³/mol. The summed E-state index contributed by atoms with van der Waals surface area (Å²) in [6.07, 6.45) is -0.476. The predicted octanol–water partition coefficient (Wildman–Crippen LogP) is 4.69. The molecule has 94 valence electrons. The minimum Gasteiger partial charge on any atom is -0.410 e. The fourth-order valence-corrected chi connectivity index (χ4v) is 2.23. The van der Waals surface area contributed by atoms with Gasteiger partial charge in [0.15, 0.2) is 0 Å². The molecule has 0 unspecified atom stereocenters. The van der Waals surface area contributed by atoms with Gasteiger partial charge in [0, 0.05) is 13.1 Å². The van der Waals surface area contributed by atoms with Crippen molar-refractivity contribution in [2.24, 2.45) is 0 Å². The SMILES string of the molecule is CN(C(=O)Oc1ccc(Cl)c(Cl)c1)c1cccs1. The molecule has 1 aromatic carbocycles. The van der Waals surface area contributed by atoms with Crippen LogP contribution in [0.1, 0.15) is 0 Å². The van der Waals surface area contributed by atoms with Crippen molar-refractivity contribution in [1.82, 2.24) is 0 Å². The molecule has 0 spiro atoms. The lowest BCUT2D eigenvalue weighted by molar-refractivity contribution is 0.209. The van der Waals surface area contributed by atoms with E-state index in [-0.39, 0.29) is 0 Å². The fourth-order valence-electron chi connectivity index (χ4n) is 1.26. The van der Waals surface area contributed by atoms with Crippen LogP contribution >= 0.6 is 34.5 Å². The minimum atomic E-state index is -0.476. The third-order valence-corrected chi connectivity index (χ3v) is 3.89. The number of anilines is 1. The number of amides is 1. The van der Waals surface area contributed by atoms with Crippen molar-refractivity contribution < 1.29 is 9.53 Å². The Morgan fingerprint density at radius 2 is 2.06 bits per heavy atom. The highest BCUT2D eigenvalue weighted by molar-refractivity contribution is 7.14. The molecular formula is C12H9Cl2NO2S. The molecule has 1 heterocycles. The summed E-state index contributed by atoms with van der Waals surface area (Å²) in [5.74, 6) is 0.359. The van der Waals surface area contributed by atoms with Crippen molar-refractivity contribution in [2.45, 2.75) is 0 Å². The maximum Gasteiger partial charge on any atom is 0.420 e. The van der Waals surface area contributed by atoms with Gasteiger partial charge in [-0.1, -0.05) is 23.2 Å². The highest BCUT2D eigenvalue weighted by Gasteiger charge is 2.14. The van der Waals surface area contributed by atoms with Gasteiger partial charge in [-0.15, -0.1) is 11.3 Å². The van der Waals surface area contributed by atoms with Gasteiger partial charge in [0.2, 0.25) is 0 Å². The minimum absolute atomic E-state index is 0.348. The zero-order chi connectivity index (χ0) is 13.1. The first-order valence-electron chi connectivity index (χ1n) is 5.02. The summed E-state index contributed by atoms with van der Waals surface area (Å²) in [6, 6.07) is 8.37. The molecule has 0 aliphatic carbocycles. The summed E-state index contributed by atoms with van der Waals surface area (Å²) < 4.78 is 5.19. The molecule has 6 heteroatoms. The van der Waals surface area contributed by atoms with Gasteiger partial charge >= 0.3 is 6.09 Å². The topological polar surface area (TPSA) is 29.5 Å². The lowest BCUT2D eigenvalue weighted by Crippen LogP contribution is -2.28. The Kier molecular flexibility index (Phi) is 4.11. The maximum atomic E-state index is 11.8. The quantitative estimate of drug-likeness (QED) is 0.805. The Morgan fingerprint density at radius 1 is 1.28 bits per heavy atom. The van der Waals surface area contributed by atoms with E-state index in [1.54, 1.807) is 19.2 Å². The van der Waals surface area contributed by atoms with Crippen molar-refractivity contribution >= 4 is 45.6 Å². The van der Waals surface area contributed by atoms with Crippen molar-refractivity contribution in [1.29, 1.82) is 0 Å². The standard InChI is InChI=1S/C12H9Cl2NO2S/c1-15(11-3-2-6-18-11)12(16)17-8-4-5-9(13)10(14)7-8/h2-7H,1H3. The number of ether oxygens (including phenoxy) is 1. The number of rotatable bonds is 2. The Bertz CT molecular complexity index is 557. The number of hydrogen-bond acceptors (Lipinski definition) is 3. The molecular weight excluding hydrogens is 293 g/mol. The van der Waals surface area contributed by atoms with Crippen LogP contribution in [-0.2, 0) is 0 Å². The van der Waals surface area contributed by atoms with E-state index in [4.69, 9.17) is 27.9 Å². The zero-order valence-corrected chi connectivity index (χ0v) is 11.7. The van der Waals surface area contributed by atoms with Gasteiger partial charge in [0.1, 0.15) is 10.8 Å². The smallest absolute Gasteiger partial charge is 0.410 e. The van der Waals surface area contributed by atoms with Gasteiger partial charge in [0.25, 0.3) is 0 Å². The number of benzene rings is 1. The highest BCUT2D eigenvalue weighted by Crippen LogP contribution is 2.27. The van der Waals surface area contributed by atoms with Crippen molar-refractivity contribution in [3.8, 4) is 5.75 Å². The normalized spacial score (nSPS) is 10.2. The molecule has 2 rings (SSSR count). The monoisotopic (exact) mass is 301 g/mol. The summed E-state index contributed by atoms with van der Waals surface area (Å²) in [4.78, 5) is 13.3. The number of carbonyl (C=O) groups is 1. The van der Waals surface area contributed by atoms with Gasteiger partial charge in [0.05, 0.1) is 10.0 Å². The second-order valence-electron chi connectivity index (χ2n) is 3.45. The Hall–Kier alpha value is -1.23. The molecule has 0 saturated carbocycles. The van der Waals surface area contributed by atoms with Crippen LogP contribution in [0, 0.1) is 0 Å². The third kappa shape index (κ3) is 2.96. The van der Waals surface area contributed by atoms with E-state index in [1.807, 2.05) is 17.5 Å². The molecule has 1 amide bonds. The van der Waals surface area contributed by atoms with E-state index < -0.39 is 6.09 Å². The van der Waals surface area contributed by atoms with Gasteiger partial charge in [-0.3, -0.25) is 4.90 Å². The zero-order valence-electron chi connectivity index (χ0n) is 9.39. The molecule has 2 aromatic rings. The van der Waals surface area contributed by atoms with Crippen LogP contribution in [-0.4, -0.2) is 13.1 Å². The van der Waals surface area contributed by atoms with Gasteiger partial charge in [-0.05, 0) is 29.6 Å². The molecule has 0 radical (unpaired) electrons. The molecule has 0 aliphatic rings. The van der Waals surface area contributed by atoms with E-state index in [2.05, 4.69) is 0 Å². The van der Waals surface area contributed by atoms with Gasteiger partial charge in [-0.2, -0.15) is 0 Å². The first-order chi connectivity index (χ1) is 8.58. The molecule has 0 atom stereocenters. The lowest BCUT2D eigenvalue weighted by atomic mass is 10.3. The number of thiophene rings is 1. The first kappa shape index (κ1) is 13.2. The molecule has 0 aliphatic heterocycles. The molecule has 0 N–H and O–H groups in total. The van der Waals surface area contributed by atoms with Crippen LogP contribution < -0.4 is 9.64 Å². The number of halogens is 2. The summed E-state index contributed by atoms with van der Waals surface area (Å²) in [7, 11) is 1.64. The fraction of sp³-hybridized carbons (Fsp3) is 0.0833. The maximum absolute atomic E-state index is 11.8. The van der Waals surface area contributed by atoms with E-state index in [9.17, 15) is 4.79 Å². The van der Waals surface area contributed by atoms with Crippen molar-refractivity contribution in [3.05, 3.63) is 45.8 Å². The van der Waals surface area contributed by atoms with Crippen molar-refractivity contribution in [2.75, 3.05) is 11.9 Å². The van der Waals surface area contributed by atoms with E-state index in [0.29, 0.717) is 15.8 Å². The average Bonchev–Trinajstić information content (AvgIpc) is 2.86. The van der Waals surface area contributed by atoms with Crippen LogP contribution in [0.15, 0.2) is 35.7 Å². The number of nitrogens with zero attached hydrogens (tertiary/aromatic N) is 1. The van der Waals surface area contributed by atoms with E-state index in [1.165, 1.54) is 22.3 Å². The van der Waals surface area contributed by atoms with Crippen LogP contribution in [0.4, 0.5) is 9.80 Å². The van der Waals surface area contributed by atoms with E-state index in [0.717, 1.165) is 5.00 Å². The largest absolute Gasteiger partial charge is 0.420 e. The summed E-state index contributed by atoms with van der Waals surface area (Å²) in [5, 5.41) is 3.46. The van der Waals surface area contributed by atoms with Crippen molar-refractivity contribution in [3.63, 3.8) is 0 Å². The summed E-state index contributed by atoms with van der Waals surface area (Å²) >= 11 is 13.1. The first-order valence-corrected chi connectivity index (χ1v) is 6.65. The Balaban J connectivity index is 2.09. The molecule has 18 heavy (non-hydrogen) atoms. The van der Waals surface area contributed by atoms with Crippen LogP contribution in [0.5, 0.6) is 5.75 Å².